The van der Waals surface area contributed by atoms with E-state index in [0.29, 0.717) is 5.69 Å². The number of hydrogen-bond acceptors (Lipinski definition) is 5. The first kappa shape index (κ1) is 12.7. The molecule has 3 N–H and O–H groups in total. The molecule has 1 aromatic carbocycles. The van der Waals surface area contributed by atoms with Gasteiger partial charge < -0.3 is 20.5 Å². The van der Waals surface area contributed by atoms with E-state index < -0.39 is 5.97 Å². The molecule has 0 unspecified atom stereocenters. The number of carbonyl (C=O) groups is 1. The van der Waals surface area contributed by atoms with Crippen molar-refractivity contribution in [1.29, 1.82) is 0 Å². The second-order valence-electron chi connectivity index (χ2n) is 4.68. The number of piperidine rings is 1. The van der Waals surface area contributed by atoms with Crippen molar-refractivity contribution < 1.29 is 14.6 Å². The van der Waals surface area contributed by atoms with Crippen LogP contribution in [0.3, 0.4) is 0 Å². The van der Waals surface area contributed by atoms with Crippen molar-refractivity contribution in [3.8, 4) is 5.75 Å². The van der Waals surface area contributed by atoms with Crippen LogP contribution >= 0.6 is 0 Å². The smallest absolute Gasteiger partial charge is 0.340 e. The lowest BCUT2D eigenvalue weighted by Gasteiger charge is -2.28. The molecule has 0 saturated carbocycles. The second kappa shape index (κ2) is 5.27. The van der Waals surface area contributed by atoms with Crippen molar-refractivity contribution in [2.24, 2.45) is 0 Å². The zero-order chi connectivity index (χ0) is 13.1. The predicted molar refractivity (Wildman–Crippen MR) is 68.5 cm³/mol. The Kier molecular flexibility index (Phi) is 3.72. The van der Waals surface area contributed by atoms with E-state index in [9.17, 15) is 9.90 Å². The minimum absolute atomic E-state index is 0.0135. The van der Waals surface area contributed by atoms with Crippen LogP contribution in [0, 0.1) is 0 Å². The molecule has 0 spiro atoms. The number of hydrogen-bond donors (Lipinski definition) is 2. The van der Waals surface area contributed by atoms with E-state index in [-0.39, 0.29) is 17.4 Å². The molecule has 0 amide bonds. The lowest BCUT2D eigenvalue weighted by Crippen LogP contribution is -2.35. The topological polar surface area (TPSA) is 75.8 Å². The first-order valence-corrected chi connectivity index (χ1v) is 6.04. The maximum Gasteiger partial charge on any atom is 0.340 e. The highest BCUT2D eigenvalue weighted by molar-refractivity contribution is 5.95. The maximum atomic E-state index is 11.9. The lowest BCUT2D eigenvalue weighted by atomic mass is 10.1. The van der Waals surface area contributed by atoms with Crippen molar-refractivity contribution in [3.05, 3.63) is 23.8 Å². The molecule has 1 aromatic rings. The van der Waals surface area contributed by atoms with Gasteiger partial charge in [-0.3, -0.25) is 0 Å². The molecule has 1 fully saturated rings. The van der Waals surface area contributed by atoms with Crippen LogP contribution in [0.15, 0.2) is 18.2 Å². The van der Waals surface area contributed by atoms with Gasteiger partial charge in [0.1, 0.15) is 11.9 Å². The van der Waals surface area contributed by atoms with E-state index in [2.05, 4.69) is 4.90 Å². The Balaban J connectivity index is 2.01. The normalized spacial score (nSPS) is 17.6. The maximum absolute atomic E-state index is 11.9. The molecular formula is C13H18N2O3. The van der Waals surface area contributed by atoms with Gasteiger partial charge in [-0.2, -0.15) is 0 Å². The molecule has 0 bridgehead atoms. The average Bonchev–Trinajstić information content (AvgIpc) is 2.35. The Hall–Kier alpha value is -1.75. The van der Waals surface area contributed by atoms with Crippen molar-refractivity contribution in [1.82, 2.24) is 4.90 Å². The van der Waals surface area contributed by atoms with Gasteiger partial charge in [-0.1, -0.05) is 0 Å². The number of aromatic hydroxyl groups is 1. The second-order valence-corrected chi connectivity index (χ2v) is 4.68. The number of likely N-dealkylation sites (tertiary alicyclic amines) is 1. The third kappa shape index (κ3) is 2.92. The van der Waals surface area contributed by atoms with Crippen molar-refractivity contribution >= 4 is 11.7 Å². The van der Waals surface area contributed by atoms with E-state index in [0.717, 1.165) is 25.9 Å². The van der Waals surface area contributed by atoms with E-state index in [4.69, 9.17) is 10.5 Å². The third-order valence-electron chi connectivity index (χ3n) is 3.20. The molecule has 1 saturated heterocycles. The number of nitrogen functional groups attached to an aromatic ring is 1. The summed E-state index contributed by atoms with van der Waals surface area (Å²) >= 11 is 0. The Morgan fingerprint density at radius 1 is 1.44 bits per heavy atom. The highest BCUT2D eigenvalue weighted by atomic mass is 16.5. The average molecular weight is 250 g/mol. The fourth-order valence-corrected chi connectivity index (χ4v) is 2.04. The monoisotopic (exact) mass is 250 g/mol. The number of carbonyl (C=O) groups excluding carboxylic acids is 1. The number of benzene rings is 1. The van der Waals surface area contributed by atoms with E-state index in [1.807, 2.05) is 7.05 Å². The molecule has 0 aromatic heterocycles. The van der Waals surface area contributed by atoms with E-state index >= 15 is 0 Å². The van der Waals surface area contributed by atoms with E-state index in [1.165, 1.54) is 18.2 Å². The van der Waals surface area contributed by atoms with Crippen LogP contribution in [0.1, 0.15) is 23.2 Å². The molecule has 1 heterocycles. The molecule has 0 radical (unpaired) electrons. The molecule has 2 rings (SSSR count). The van der Waals surface area contributed by atoms with Gasteiger partial charge >= 0.3 is 5.97 Å². The predicted octanol–water partition coefficient (Wildman–Crippen LogP) is 1.23. The zero-order valence-corrected chi connectivity index (χ0v) is 10.4. The number of rotatable bonds is 2. The minimum Gasteiger partial charge on any atom is -0.508 e. The van der Waals surface area contributed by atoms with Crippen molar-refractivity contribution in [3.63, 3.8) is 0 Å². The number of nitrogens with two attached hydrogens (primary N) is 1. The van der Waals surface area contributed by atoms with Crippen molar-refractivity contribution in [2.45, 2.75) is 18.9 Å². The number of phenols is 1. The molecule has 1 aliphatic heterocycles. The van der Waals surface area contributed by atoms with Crippen LogP contribution in [0.5, 0.6) is 5.75 Å². The molecule has 1 aliphatic rings. The highest BCUT2D eigenvalue weighted by Gasteiger charge is 2.22. The molecule has 0 atom stereocenters. The lowest BCUT2D eigenvalue weighted by molar-refractivity contribution is 0.0140. The fraction of sp³-hybridized carbons (Fsp3) is 0.462. The summed E-state index contributed by atoms with van der Waals surface area (Å²) in [6.07, 6.45) is 1.61. The number of anilines is 1. The van der Waals surface area contributed by atoms with Gasteiger partial charge in [0.25, 0.3) is 0 Å². The van der Waals surface area contributed by atoms with E-state index in [1.54, 1.807) is 0 Å². The minimum atomic E-state index is -0.460. The summed E-state index contributed by atoms with van der Waals surface area (Å²) in [7, 11) is 2.05. The molecule has 0 aliphatic carbocycles. The summed E-state index contributed by atoms with van der Waals surface area (Å²) in [5.41, 5.74) is 6.25. The van der Waals surface area contributed by atoms with Crippen LogP contribution in [0.25, 0.3) is 0 Å². The van der Waals surface area contributed by atoms with Crippen LogP contribution in [-0.4, -0.2) is 42.2 Å². The first-order valence-electron chi connectivity index (χ1n) is 6.04. The number of nitrogens with zero attached hydrogens (tertiary/aromatic N) is 1. The molecule has 18 heavy (non-hydrogen) atoms. The summed E-state index contributed by atoms with van der Waals surface area (Å²) < 4.78 is 5.40. The Morgan fingerprint density at radius 3 is 2.78 bits per heavy atom. The van der Waals surface area contributed by atoms with Gasteiger partial charge in [0.2, 0.25) is 0 Å². The number of esters is 1. The zero-order valence-electron chi connectivity index (χ0n) is 10.4. The van der Waals surface area contributed by atoms with Gasteiger partial charge in [0, 0.05) is 18.8 Å². The summed E-state index contributed by atoms with van der Waals surface area (Å²) in [4.78, 5) is 14.1. The highest BCUT2D eigenvalue weighted by Crippen LogP contribution is 2.21. The SMILES string of the molecule is CN1CCC(OC(=O)c2cc(O)ccc2N)CC1. The summed E-state index contributed by atoms with van der Waals surface area (Å²) in [5, 5.41) is 9.36. The Bertz CT molecular complexity index is 440. The molecule has 5 nitrogen and oxygen atoms in total. The largest absolute Gasteiger partial charge is 0.508 e. The Labute approximate surface area is 106 Å². The van der Waals surface area contributed by atoms with Crippen molar-refractivity contribution in [2.75, 3.05) is 25.9 Å². The first-order chi connectivity index (χ1) is 8.56. The van der Waals surface area contributed by atoms with Gasteiger partial charge in [0.15, 0.2) is 0 Å². The van der Waals surface area contributed by atoms with Crippen LogP contribution < -0.4 is 5.73 Å². The van der Waals surface area contributed by atoms with Gasteiger partial charge in [-0.05, 0) is 38.1 Å². The summed E-state index contributed by atoms with van der Waals surface area (Å²) in [6, 6.07) is 4.29. The number of phenolic OH excluding ortho intramolecular Hbond substituents is 1. The summed E-state index contributed by atoms with van der Waals surface area (Å²) in [5.74, 6) is -0.447. The fourth-order valence-electron chi connectivity index (χ4n) is 2.04. The summed E-state index contributed by atoms with van der Waals surface area (Å²) in [6.45, 7) is 1.85. The number of ether oxygens (including phenoxy) is 1. The molecule has 5 heteroatoms. The van der Waals surface area contributed by atoms with Gasteiger partial charge in [0.05, 0.1) is 5.56 Å². The third-order valence-corrected chi connectivity index (χ3v) is 3.20. The quantitative estimate of drug-likeness (QED) is 0.469. The molecule has 98 valence electrons. The van der Waals surface area contributed by atoms with Gasteiger partial charge in [-0.15, -0.1) is 0 Å². The van der Waals surface area contributed by atoms with Crippen LogP contribution in [0.4, 0.5) is 5.69 Å². The molecular weight excluding hydrogens is 232 g/mol. The standard InChI is InChI=1S/C13H18N2O3/c1-15-6-4-10(5-7-15)18-13(17)11-8-9(16)2-3-12(11)14/h2-3,8,10,16H,4-7,14H2,1H3. The Morgan fingerprint density at radius 2 is 2.11 bits per heavy atom. The van der Waals surface area contributed by atoms with Crippen LogP contribution in [0.2, 0.25) is 0 Å². The van der Waals surface area contributed by atoms with Crippen LogP contribution in [-0.2, 0) is 4.74 Å². The van der Waals surface area contributed by atoms with Gasteiger partial charge in [-0.25, -0.2) is 4.79 Å².